The van der Waals surface area contributed by atoms with Gasteiger partial charge in [0, 0.05) is 12.1 Å². The molecule has 1 aromatic carbocycles. The first kappa shape index (κ1) is 9.63. The van der Waals surface area contributed by atoms with E-state index in [1.165, 1.54) is 12.1 Å². The van der Waals surface area contributed by atoms with Crippen LogP contribution in [0.3, 0.4) is 0 Å². The summed E-state index contributed by atoms with van der Waals surface area (Å²) in [7, 11) is 0. The van der Waals surface area contributed by atoms with Gasteiger partial charge in [0.1, 0.15) is 5.82 Å². The Hall–Kier alpha value is -1.46. The molecule has 4 nitrogen and oxygen atoms in total. The summed E-state index contributed by atoms with van der Waals surface area (Å²) in [6.07, 6.45) is 0. The fourth-order valence-electron chi connectivity index (χ4n) is 0.928. The molecule has 0 amide bonds. The third-order valence-electron chi connectivity index (χ3n) is 1.56. The van der Waals surface area contributed by atoms with Crippen LogP contribution in [0.15, 0.2) is 18.2 Å². The molecule has 0 saturated heterocycles. The van der Waals surface area contributed by atoms with Crippen molar-refractivity contribution in [2.45, 2.75) is 6.54 Å². The summed E-state index contributed by atoms with van der Waals surface area (Å²) < 4.78 is 12.9. The third-order valence-corrected chi connectivity index (χ3v) is 1.56. The van der Waals surface area contributed by atoms with Crippen molar-refractivity contribution >= 4 is 5.97 Å². The lowest BCUT2D eigenvalue weighted by Crippen LogP contribution is -2.09. The number of hydrogen-bond donors (Lipinski definition) is 3. The van der Waals surface area contributed by atoms with Crippen LogP contribution < -0.4 is 5.48 Å². The van der Waals surface area contributed by atoms with Gasteiger partial charge in [0.05, 0.1) is 5.56 Å². The van der Waals surface area contributed by atoms with E-state index in [-0.39, 0.29) is 17.7 Å². The molecule has 0 aromatic heterocycles. The van der Waals surface area contributed by atoms with Crippen molar-refractivity contribution in [3.05, 3.63) is 35.1 Å². The van der Waals surface area contributed by atoms with E-state index in [0.717, 1.165) is 6.07 Å². The number of carboxylic acid groups (broad SMARTS) is 1. The van der Waals surface area contributed by atoms with Crippen LogP contribution in [0.4, 0.5) is 4.39 Å². The number of benzene rings is 1. The molecule has 0 atom stereocenters. The predicted octanol–water partition coefficient (Wildman–Crippen LogP) is 1.00. The largest absolute Gasteiger partial charge is 0.478 e. The molecule has 0 fully saturated rings. The van der Waals surface area contributed by atoms with E-state index >= 15 is 0 Å². The topological polar surface area (TPSA) is 69.6 Å². The maximum atomic E-state index is 12.9. The summed E-state index contributed by atoms with van der Waals surface area (Å²) in [6.45, 7) is -0.118. The average Bonchev–Trinajstić information content (AvgIpc) is 2.08. The minimum atomic E-state index is -1.13. The van der Waals surface area contributed by atoms with Gasteiger partial charge < -0.3 is 10.3 Å². The highest BCUT2D eigenvalue weighted by atomic mass is 19.1. The molecule has 0 saturated carbocycles. The van der Waals surface area contributed by atoms with Crippen molar-refractivity contribution in [1.82, 2.24) is 5.48 Å². The van der Waals surface area contributed by atoms with E-state index in [1.807, 2.05) is 0 Å². The Balaban J connectivity index is 3.03. The molecule has 0 aliphatic heterocycles. The smallest absolute Gasteiger partial charge is 0.335 e. The zero-order chi connectivity index (χ0) is 9.84. The highest BCUT2D eigenvalue weighted by Gasteiger charge is 2.07. The van der Waals surface area contributed by atoms with Crippen molar-refractivity contribution in [2.75, 3.05) is 0 Å². The van der Waals surface area contributed by atoms with Gasteiger partial charge in [-0.2, -0.15) is 0 Å². The number of carboxylic acids is 1. The fourth-order valence-corrected chi connectivity index (χ4v) is 0.928. The number of rotatable bonds is 3. The maximum Gasteiger partial charge on any atom is 0.335 e. The zero-order valence-corrected chi connectivity index (χ0v) is 6.62. The van der Waals surface area contributed by atoms with E-state index in [1.54, 1.807) is 5.48 Å². The van der Waals surface area contributed by atoms with E-state index in [0.29, 0.717) is 0 Å². The first-order chi connectivity index (χ1) is 6.15. The highest BCUT2D eigenvalue weighted by molar-refractivity contribution is 5.87. The zero-order valence-electron chi connectivity index (χ0n) is 6.62. The van der Waals surface area contributed by atoms with Crippen molar-refractivity contribution in [2.24, 2.45) is 0 Å². The molecule has 5 heteroatoms. The quantitative estimate of drug-likeness (QED) is 0.614. The Labute approximate surface area is 73.6 Å². The monoisotopic (exact) mass is 185 g/mol. The summed E-state index contributed by atoms with van der Waals surface area (Å²) in [6, 6.07) is 3.38. The molecule has 0 unspecified atom stereocenters. The van der Waals surface area contributed by atoms with Crippen molar-refractivity contribution in [3.8, 4) is 0 Å². The molecule has 0 radical (unpaired) electrons. The fraction of sp³-hybridized carbons (Fsp3) is 0.125. The molecule has 0 heterocycles. The normalized spacial score (nSPS) is 10.0. The minimum absolute atomic E-state index is 0.00773. The van der Waals surface area contributed by atoms with Gasteiger partial charge in [0.25, 0.3) is 0 Å². The Morgan fingerprint density at radius 3 is 2.77 bits per heavy atom. The predicted molar refractivity (Wildman–Crippen MR) is 42.0 cm³/mol. The Morgan fingerprint density at radius 1 is 1.54 bits per heavy atom. The van der Waals surface area contributed by atoms with Crippen molar-refractivity contribution < 1.29 is 19.5 Å². The van der Waals surface area contributed by atoms with Crippen LogP contribution in [-0.2, 0) is 6.54 Å². The van der Waals surface area contributed by atoms with Crippen LogP contribution in [0.5, 0.6) is 0 Å². The van der Waals surface area contributed by atoms with Gasteiger partial charge in [0.2, 0.25) is 0 Å². The van der Waals surface area contributed by atoms with Gasteiger partial charge in [0.15, 0.2) is 0 Å². The molecule has 70 valence electrons. The molecule has 0 bridgehead atoms. The Morgan fingerprint density at radius 2 is 2.23 bits per heavy atom. The van der Waals surface area contributed by atoms with Crippen LogP contribution in [0.1, 0.15) is 15.9 Å². The number of hydrogen-bond acceptors (Lipinski definition) is 3. The highest BCUT2D eigenvalue weighted by Crippen LogP contribution is 2.10. The summed E-state index contributed by atoms with van der Waals surface area (Å²) in [4.78, 5) is 10.5. The van der Waals surface area contributed by atoms with Crippen LogP contribution >= 0.6 is 0 Å². The van der Waals surface area contributed by atoms with Crippen molar-refractivity contribution in [1.29, 1.82) is 0 Å². The van der Waals surface area contributed by atoms with Crippen LogP contribution in [-0.4, -0.2) is 16.3 Å². The maximum absolute atomic E-state index is 12.9. The van der Waals surface area contributed by atoms with E-state index in [2.05, 4.69) is 0 Å². The van der Waals surface area contributed by atoms with Crippen LogP contribution in [0.25, 0.3) is 0 Å². The second-order valence-corrected chi connectivity index (χ2v) is 2.45. The second kappa shape index (κ2) is 3.97. The second-order valence-electron chi connectivity index (χ2n) is 2.45. The van der Waals surface area contributed by atoms with Gasteiger partial charge in [-0.1, -0.05) is 0 Å². The molecule has 1 rings (SSSR count). The van der Waals surface area contributed by atoms with Gasteiger partial charge in [-0.25, -0.2) is 14.7 Å². The first-order valence-electron chi connectivity index (χ1n) is 3.54. The van der Waals surface area contributed by atoms with Crippen LogP contribution in [0, 0.1) is 5.82 Å². The number of nitrogens with one attached hydrogen (secondary N) is 1. The van der Waals surface area contributed by atoms with Gasteiger partial charge >= 0.3 is 5.97 Å². The number of halogens is 1. The standard InChI is InChI=1S/C8H8FNO3/c9-7-2-1-5(8(11)12)3-6(7)4-10-13/h1-3,10,13H,4H2,(H,11,12). The lowest BCUT2D eigenvalue weighted by atomic mass is 10.1. The lowest BCUT2D eigenvalue weighted by Gasteiger charge is -2.02. The summed E-state index contributed by atoms with van der Waals surface area (Å²) >= 11 is 0. The molecule has 1 aromatic rings. The van der Waals surface area contributed by atoms with E-state index < -0.39 is 11.8 Å². The third kappa shape index (κ3) is 2.24. The van der Waals surface area contributed by atoms with E-state index in [9.17, 15) is 9.18 Å². The number of carbonyl (C=O) groups is 1. The minimum Gasteiger partial charge on any atom is -0.478 e. The SMILES string of the molecule is O=C(O)c1ccc(F)c(CNO)c1. The molecular weight excluding hydrogens is 177 g/mol. The molecular formula is C8H8FNO3. The first-order valence-corrected chi connectivity index (χ1v) is 3.54. The molecule has 0 aliphatic carbocycles. The Bertz CT molecular complexity index is 327. The van der Waals surface area contributed by atoms with Crippen molar-refractivity contribution in [3.63, 3.8) is 0 Å². The van der Waals surface area contributed by atoms with Crippen LogP contribution in [0.2, 0.25) is 0 Å². The summed E-state index contributed by atoms with van der Waals surface area (Å²) in [5.41, 5.74) is 1.86. The number of aromatic carboxylic acids is 1. The molecule has 13 heavy (non-hydrogen) atoms. The lowest BCUT2D eigenvalue weighted by molar-refractivity contribution is 0.0696. The summed E-state index contributed by atoms with van der Waals surface area (Å²) in [5.74, 6) is -1.68. The Kier molecular flexibility index (Phi) is 2.94. The average molecular weight is 185 g/mol. The van der Waals surface area contributed by atoms with E-state index in [4.69, 9.17) is 10.3 Å². The number of hydroxylamine groups is 1. The van der Waals surface area contributed by atoms with Gasteiger partial charge in [-0.15, -0.1) is 0 Å². The summed E-state index contributed by atoms with van der Waals surface area (Å²) in [5, 5.41) is 16.9. The molecule has 3 N–H and O–H groups in total. The van der Waals surface area contributed by atoms with Gasteiger partial charge in [-0.3, -0.25) is 0 Å². The molecule has 0 spiro atoms. The molecule has 0 aliphatic rings. The van der Waals surface area contributed by atoms with Gasteiger partial charge in [-0.05, 0) is 18.2 Å².